The van der Waals surface area contributed by atoms with Gasteiger partial charge in [-0.3, -0.25) is 4.79 Å². The van der Waals surface area contributed by atoms with E-state index in [0.717, 1.165) is 19.3 Å². The predicted octanol–water partition coefficient (Wildman–Crippen LogP) is 3.48. The number of hydrogen-bond acceptors (Lipinski definition) is 3. The molecule has 1 aliphatic carbocycles. The average Bonchev–Trinajstić information content (AvgIpc) is 2.36. The molecule has 110 valence electrons. The fourth-order valence-electron chi connectivity index (χ4n) is 2.85. The van der Waals surface area contributed by atoms with Gasteiger partial charge in [0.2, 0.25) is 0 Å². The quantitative estimate of drug-likeness (QED) is 0.840. The third-order valence-electron chi connectivity index (χ3n) is 3.85. The summed E-state index contributed by atoms with van der Waals surface area (Å²) in [6.07, 6.45) is 4.46. The lowest BCUT2D eigenvalue weighted by atomic mass is 9.75. The minimum absolute atomic E-state index is 0.0755. The highest BCUT2D eigenvalue weighted by Crippen LogP contribution is 2.35. The van der Waals surface area contributed by atoms with Crippen LogP contribution in [0, 0.1) is 5.41 Å². The Hall–Kier alpha value is -1.29. The normalized spacial score (nSPS) is 21.3. The van der Waals surface area contributed by atoms with Crippen molar-refractivity contribution in [2.24, 2.45) is 5.41 Å². The van der Waals surface area contributed by atoms with Gasteiger partial charge in [-0.25, -0.2) is 4.98 Å². The highest BCUT2D eigenvalue weighted by atomic mass is 35.5. The molecule has 1 aromatic rings. The van der Waals surface area contributed by atoms with Gasteiger partial charge in [0.05, 0.1) is 0 Å². The van der Waals surface area contributed by atoms with Crippen LogP contribution in [0.3, 0.4) is 0 Å². The molecule has 1 fully saturated rings. The van der Waals surface area contributed by atoms with Crippen LogP contribution in [0.1, 0.15) is 49.9 Å². The molecule has 5 heteroatoms. The minimum atomic E-state index is -0.0755. The van der Waals surface area contributed by atoms with Crippen molar-refractivity contribution >= 4 is 23.3 Å². The number of halogens is 1. The molecule has 1 unspecified atom stereocenters. The Balaban J connectivity index is 2.06. The molecular formula is C15H22ClN3O. The largest absolute Gasteiger partial charge is 0.373 e. The molecule has 0 spiro atoms. The first kappa shape index (κ1) is 15.1. The Morgan fingerprint density at radius 2 is 2.20 bits per heavy atom. The fourth-order valence-corrected chi connectivity index (χ4v) is 3.05. The number of nitrogens with one attached hydrogen (secondary N) is 2. The monoisotopic (exact) mass is 295 g/mol. The summed E-state index contributed by atoms with van der Waals surface area (Å²) in [7, 11) is 1.75. The highest BCUT2D eigenvalue weighted by molar-refractivity contribution is 6.29. The predicted molar refractivity (Wildman–Crippen MR) is 82.3 cm³/mol. The van der Waals surface area contributed by atoms with Crippen LogP contribution in [0.4, 0.5) is 5.82 Å². The van der Waals surface area contributed by atoms with Gasteiger partial charge in [-0.1, -0.05) is 31.9 Å². The van der Waals surface area contributed by atoms with Crippen molar-refractivity contribution in [1.82, 2.24) is 10.3 Å². The van der Waals surface area contributed by atoms with Crippen LogP contribution >= 0.6 is 11.6 Å². The lowest BCUT2D eigenvalue weighted by Crippen LogP contribution is -2.40. The van der Waals surface area contributed by atoms with Crippen molar-refractivity contribution in [2.45, 2.75) is 45.6 Å². The molecule has 1 atom stereocenters. The first-order valence-electron chi connectivity index (χ1n) is 7.06. The van der Waals surface area contributed by atoms with Gasteiger partial charge in [0.15, 0.2) is 0 Å². The molecule has 1 amide bonds. The van der Waals surface area contributed by atoms with Crippen molar-refractivity contribution in [3.8, 4) is 0 Å². The van der Waals surface area contributed by atoms with E-state index in [1.54, 1.807) is 19.2 Å². The lowest BCUT2D eigenvalue weighted by molar-refractivity contribution is 0.0902. The van der Waals surface area contributed by atoms with E-state index in [4.69, 9.17) is 11.6 Å². The molecule has 4 nitrogen and oxygen atoms in total. The van der Waals surface area contributed by atoms with Gasteiger partial charge < -0.3 is 10.6 Å². The number of aromatic nitrogens is 1. The average molecular weight is 296 g/mol. The molecule has 0 saturated heterocycles. The molecule has 0 bridgehead atoms. The van der Waals surface area contributed by atoms with Gasteiger partial charge in [-0.2, -0.15) is 0 Å². The van der Waals surface area contributed by atoms with Gasteiger partial charge in [0, 0.05) is 18.7 Å². The number of rotatable bonds is 3. The molecule has 2 rings (SSSR count). The molecule has 1 aromatic heterocycles. The van der Waals surface area contributed by atoms with Crippen LogP contribution in [-0.4, -0.2) is 24.0 Å². The topological polar surface area (TPSA) is 54.0 Å². The molecule has 0 aliphatic heterocycles. The third-order valence-corrected chi connectivity index (χ3v) is 4.05. The van der Waals surface area contributed by atoms with E-state index in [-0.39, 0.29) is 11.9 Å². The maximum atomic E-state index is 12.3. The molecule has 0 aromatic carbocycles. The van der Waals surface area contributed by atoms with Crippen molar-refractivity contribution in [2.75, 3.05) is 12.4 Å². The zero-order valence-electron chi connectivity index (χ0n) is 12.3. The fraction of sp³-hybridized carbons (Fsp3) is 0.600. The van der Waals surface area contributed by atoms with Crippen LogP contribution in [0.5, 0.6) is 0 Å². The molecule has 1 heterocycles. The minimum Gasteiger partial charge on any atom is -0.373 e. The van der Waals surface area contributed by atoms with E-state index in [1.165, 1.54) is 6.42 Å². The summed E-state index contributed by atoms with van der Waals surface area (Å²) in [5.41, 5.74) is 0.861. The Kier molecular flexibility index (Phi) is 4.53. The number of nitrogens with zero attached hydrogens (tertiary/aromatic N) is 1. The first-order chi connectivity index (χ1) is 9.39. The Morgan fingerprint density at radius 1 is 1.45 bits per heavy atom. The zero-order valence-corrected chi connectivity index (χ0v) is 13.0. The summed E-state index contributed by atoms with van der Waals surface area (Å²) < 4.78 is 0. The number of carbonyl (C=O) groups excluding carboxylic acids is 1. The molecule has 1 saturated carbocycles. The summed E-state index contributed by atoms with van der Waals surface area (Å²) >= 11 is 5.93. The van der Waals surface area contributed by atoms with Gasteiger partial charge in [0.1, 0.15) is 11.0 Å². The Bertz CT molecular complexity index is 502. The van der Waals surface area contributed by atoms with Crippen LogP contribution in [-0.2, 0) is 0 Å². The van der Waals surface area contributed by atoms with Crippen molar-refractivity contribution in [3.05, 3.63) is 22.8 Å². The summed E-state index contributed by atoms with van der Waals surface area (Å²) in [4.78, 5) is 16.4. The summed E-state index contributed by atoms with van der Waals surface area (Å²) in [6, 6.07) is 3.57. The van der Waals surface area contributed by atoms with Gasteiger partial charge >= 0.3 is 0 Å². The number of pyridine rings is 1. The van der Waals surface area contributed by atoms with E-state index in [9.17, 15) is 4.79 Å². The van der Waals surface area contributed by atoms with E-state index < -0.39 is 0 Å². The zero-order chi connectivity index (χ0) is 14.8. The first-order valence-corrected chi connectivity index (χ1v) is 7.44. The smallest absolute Gasteiger partial charge is 0.251 e. The second kappa shape index (κ2) is 6.00. The standard InChI is InChI=1S/C15H22ClN3O/c1-15(2)6-4-5-11(9-15)18-14(20)10-7-12(16)19-13(8-10)17-3/h7-8,11H,4-6,9H2,1-3H3,(H,17,19)(H,18,20). The van der Waals surface area contributed by atoms with E-state index in [0.29, 0.717) is 21.9 Å². The van der Waals surface area contributed by atoms with E-state index in [1.807, 2.05) is 0 Å². The van der Waals surface area contributed by atoms with Gasteiger partial charge in [-0.05, 0) is 36.8 Å². The molecule has 20 heavy (non-hydrogen) atoms. The van der Waals surface area contributed by atoms with Gasteiger partial charge in [-0.15, -0.1) is 0 Å². The molecular weight excluding hydrogens is 274 g/mol. The van der Waals surface area contributed by atoms with E-state index in [2.05, 4.69) is 29.5 Å². The van der Waals surface area contributed by atoms with Crippen molar-refractivity contribution < 1.29 is 4.79 Å². The lowest BCUT2D eigenvalue weighted by Gasteiger charge is -2.35. The molecule has 0 radical (unpaired) electrons. The maximum absolute atomic E-state index is 12.3. The van der Waals surface area contributed by atoms with Crippen LogP contribution in [0.25, 0.3) is 0 Å². The highest BCUT2D eigenvalue weighted by Gasteiger charge is 2.29. The summed E-state index contributed by atoms with van der Waals surface area (Å²) in [6.45, 7) is 4.52. The number of hydrogen-bond donors (Lipinski definition) is 2. The SMILES string of the molecule is CNc1cc(C(=O)NC2CCCC(C)(C)C2)cc(Cl)n1. The van der Waals surface area contributed by atoms with Crippen LogP contribution in [0.15, 0.2) is 12.1 Å². The van der Waals surface area contributed by atoms with E-state index >= 15 is 0 Å². The summed E-state index contributed by atoms with van der Waals surface area (Å²) in [5, 5.41) is 6.35. The second-order valence-corrected chi connectivity index (χ2v) is 6.63. The number of amides is 1. The maximum Gasteiger partial charge on any atom is 0.251 e. The third kappa shape index (κ3) is 3.85. The van der Waals surface area contributed by atoms with Crippen molar-refractivity contribution in [1.29, 1.82) is 0 Å². The Labute approximate surface area is 125 Å². The van der Waals surface area contributed by atoms with Crippen LogP contribution < -0.4 is 10.6 Å². The number of carbonyl (C=O) groups is 1. The Morgan fingerprint density at radius 3 is 2.85 bits per heavy atom. The van der Waals surface area contributed by atoms with Crippen LogP contribution in [0.2, 0.25) is 5.15 Å². The second-order valence-electron chi connectivity index (χ2n) is 6.24. The summed E-state index contributed by atoms with van der Waals surface area (Å²) in [5.74, 6) is 0.528. The van der Waals surface area contributed by atoms with Gasteiger partial charge in [0.25, 0.3) is 5.91 Å². The number of anilines is 1. The molecule has 2 N–H and O–H groups in total. The molecule has 1 aliphatic rings. The van der Waals surface area contributed by atoms with Crippen molar-refractivity contribution in [3.63, 3.8) is 0 Å².